The Morgan fingerprint density at radius 2 is 1.96 bits per heavy atom. The van der Waals surface area contributed by atoms with E-state index in [0.29, 0.717) is 18.4 Å². The smallest absolute Gasteiger partial charge is 0.317 e. The van der Waals surface area contributed by atoms with E-state index in [4.69, 9.17) is 5.11 Å². The number of thioether (sulfide) groups is 1. The Labute approximate surface area is 165 Å². The second kappa shape index (κ2) is 9.11. The molecule has 0 saturated heterocycles. The van der Waals surface area contributed by atoms with Crippen molar-refractivity contribution < 1.29 is 14.7 Å². The number of rotatable bonds is 10. The van der Waals surface area contributed by atoms with Crippen molar-refractivity contribution in [2.75, 3.05) is 18.8 Å². The fraction of sp³-hybridized carbons (Fsp3) is 0.619. The Hall–Kier alpha value is -1.53. The molecule has 27 heavy (non-hydrogen) atoms. The Morgan fingerprint density at radius 3 is 2.59 bits per heavy atom. The van der Waals surface area contributed by atoms with Crippen molar-refractivity contribution in [1.82, 2.24) is 10.2 Å². The van der Waals surface area contributed by atoms with E-state index in [-0.39, 0.29) is 18.5 Å². The zero-order valence-electron chi connectivity index (χ0n) is 16.2. The molecule has 2 N–H and O–H groups in total. The third-order valence-corrected chi connectivity index (χ3v) is 6.59. The van der Waals surface area contributed by atoms with E-state index >= 15 is 0 Å². The largest absolute Gasteiger partial charge is 0.480 e. The van der Waals surface area contributed by atoms with Crippen molar-refractivity contribution in [1.29, 1.82) is 0 Å². The number of benzene rings is 1. The average molecular weight is 391 g/mol. The van der Waals surface area contributed by atoms with Gasteiger partial charge in [-0.15, -0.1) is 11.8 Å². The number of amides is 1. The zero-order chi connectivity index (χ0) is 19.4. The molecule has 5 nitrogen and oxygen atoms in total. The normalized spacial score (nSPS) is 21.7. The molecule has 2 saturated carbocycles. The van der Waals surface area contributed by atoms with Crippen molar-refractivity contribution >= 4 is 23.6 Å². The minimum absolute atomic E-state index is 0.0989. The van der Waals surface area contributed by atoms with Crippen LogP contribution >= 0.6 is 11.8 Å². The van der Waals surface area contributed by atoms with Gasteiger partial charge in [-0.2, -0.15) is 0 Å². The van der Waals surface area contributed by atoms with Gasteiger partial charge in [-0.3, -0.25) is 14.5 Å². The maximum atomic E-state index is 12.2. The number of aliphatic carboxylic acids is 1. The average Bonchev–Trinajstić information content (AvgIpc) is 3.37. The van der Waals surface area contributed by atoms with E-state index in [1.165, 1.54) is 28.9 Å². The van der Waals surface area contributed by atoms with E-state index in [9.17, 15) is 9.59 Å². The first-order chi connectivity index (χ1) is 12.9. The van der Waals surface area contributed by atoms with Crippen LogP contribution in [0.5, 0.6) is 0 Å². The van der Waals surface area contributed by atoms with Crippen molar-refractivity contribution in [2.45, 2.75) is 62.9 Å². The van der Waals surface area contributed by atoms with Crippen molar-refractivity contribution in [2.24, 2.45) is 5.92 Å². The Morgan fingerprint density at radius 1 is 1.22 bits per heavy atom. The SMILES string of the molecule is Cc1ccc(SCCC(=O)NC2CC(N(CC(=O)O)CC3CC3)C2)cc1C. The number of carboxylic acids is 1. The fourth-order valence-corrected chi connectivity index (χ4v) is 4.46. The highest BCUT2D eigenvalue weighted by atomic mass is 32.2. The van der Waals surface area contributed by atoms with Gasteiger partial charge in [0.15, 0.2) is 0 Å². The maximum absolute atomic E-state index is 12.2. The molecule has 3 rings (SSSR count). The van der Waals surface area contributed by atoms with Crippen LogP contribution in [0.3, 0.4) is 0 Å². The Balaban J connectivity index is 1.34. The van der Waals surface area contributed by atoms with E-state index in [1.54, 1.807) is 11.8 Å². The third-order valence-electron chi connectivity index (χ3n) is 5.60. The minimum atomic E-state index is -0.758. The summed E-state index contributed by atoms with van der Waals surface area (Å²) in [6.07, 6.45) is 4.70. The van der Waals surface area contributed by atoms with Crippen LogP contribution in [0.4, 0.5) is 0 Å². The van der Waals surface area contributed by atoms with Gasteiger partial charge in [-0.05, 0) is 68.7 Å². The van der Waals surface area contributed by atoms with Gasteiger partial charge in [0.05, 0.1) is 6.54 Å². The lowest BCUT2D eigenvalue weighted by molar-refractivity contribution is -0.140. The van der Waals surface area contributed by atoms with Crippen LogP contribution in [0.15, 0.2) is 23.1 Å². The molecule has 1 amide bonds. The molecular weight excluding hydrogens is 360 g/mol. The number of aryl methyl sites for hydroxylation is 2. The van der Waals surface area contributed by atoms with Gasteiger partial charge in [-0.1, -0.05) is 6.07 Å². The van der Waals surface area contributed by atoms with Gasteiger partial charge in [0.1, 0.15) is 0 Å². The van der Waals surface area contributed by atoms with Crippen LogP contribution in [0.2, 0.25) is 0 Å². The number of nitrogens with zero attached hydrogens (tertiary/aromatic N) is 1. The number of carboxylic acid groups (broad SMARTS) is 1. The number of hydrogen-bond donors (Lipinski definition) is 2. The molecule has 2 fully saturated rings. The van der Waals surface area contributed by atoms with Crippen molar-refractivity contribution in [3.8, 4) is 0 Å². The van der Waals surface area contributed by atoms with E-state index in [0.717, 1.165) is 25.1 Å². The summed E-state index contributed by atoms with van der Waals surface area (Å²) in [5, 5.41) is 12.2. The quantitative estimate of drug-likeness (QED) is 0.600. The summed E-state index contributed by atoms with van der Waals surface area (Å²) in [4.78, 5) is 26.5. The molecular formula is C21H30N2O3S. The Bertz CT molecular complexity index is 684. The first-order valence-electron chi connectivity index (χ1n) is 9.86. The monoisotopic (exact) mass is 390 g/mol. The third kappa shape index (κ3) is 6.25. The van der Waals surface area contributed by atoms with Crippen molar-refractivity contribution in [3.63, 3.8) is 0 Å². The zero-order valence-corrected chi connectivity index (χ0v) is 17.1. The van der Waals surface area contributed by atoms with Crippen molar-refractivity contribution in [3.05, 3.63) is 29.3 Å². The van der Waals surface area contributed by atoms with E-state index < -0.39 is 5.97 Å². The molecule has 0 unspecified atom stereocenters. The summed E-state index contributed by atoms with van der Waals surface area (Å²) in [6, 6.07) is 6.90. The van der Waals surface area contributed by atoms with E-state index in [1.807, 2.05) is 0 Å². The standard InChI is InChI=1S/C21H30N2O3S/c1-14-3-6-19(9-15(14)2)27-8-7-20(24)22-17-10-18(11-17)23(13-21(25)26)12-16-4-5-16/h3,6,9,16-18H,4-5,7-8,10-13H2,1-2H3,(H,22,24)(H,25,26). The first kappa shape index (κ1) is 20.2. The highest BCUT2D eigenvalue weighted by molar-refractivity contribution is 7.99. The molecule has 0 aliphatic heterocycles. The van der Waals surface area contributed by atoms with Crippen LogP contribution in [-0.2, 0) is 9.59 Å². The molecule has 1 aromatic carbocycles. The van der Waals surface area contributed by atoms with Gasteiger partial charge >= 0.3 is 5.97 Å². The van der Waals surface area contributed by atoms with Gasteiger partial charge < -0.3 is 10.4 Å². The topological polar surface area (TPSA) is 69.6 Å². The van der Waals surface area contributed by atoms with Gasteiger partial charge in [0.2, 0.25) is 5.91 Å². The number of carbonyl (C=O) groups excluding carboxylic acids is 1. The van der Waals surface area contributed by atoms with Crippen LogP contribution in [0.1, 0.15) is 43.2 Å². The van der Waals surface area contributed by atoms with Crippen LogP contribution in [0.25, 0.3) is 0 Å². The summed E-state index contributed by atoms with van der Waals surface area (Å²) in [6.45, 7) is 5.22. The Kier molecular flexibility index (Phi) is 6.82. The number of carbonyl (C=O) groups is 2. The lowest BCUT2D eigenvalue weighted by Gasteiger charge is -2.42. The molecule has 1 aromatic rings. The van der Waals surface area contributed by atoms with E-state index in [2.05, 4.69) is 42.3 Å². The number of nitrogens with one attached hydrogen (secondary N) is 1. The van der Waals surface area contributed by atoms with Crippen LogP contribution in [0, 0.1) is 19.8 Å². The van der Waals surface area contributed by atoms with Crippen LogP contribution in [-0.4, -0.2) is 52.8 Å². The summed E-state index contributed by atoms with van der Waals surface area (Å²) < 4.78 is 0. The summed E-state index contributed by atoms with van der Waals surface area (Å²) in [7, 11) is 0. The molecule has 2 aliphatic carbocycles. The lowest BCUT2D eigenvalue weighted by atomic mass is 9.85. The van der Waals surface area contributed by atoms with Gasteiger partial charge in [0.25, 0.3) is 0 Å². The lowest BCUT2D eigenvalue weighted by Crippen LogP contribution is -2.55. The molecule has 2 aliphatic rings. The second-order valence-corrected chi connectivity index (χ2v) is 9.17. The van der Waals surface area contributed by atoms with Gasteiger partial charge in [0, 0.05) is 35.7 Å². The molecule has 0 bridgehead atoms. The summed E-state index contributed by atoms with van der Waals surface area (Å²) in [5.41, 5.74) is 2.57. The predicted molar refractivity (Wildman–Crippen MR) is 108 cm³/mol. The number of hydrogen-bond acceptors (Lipinski definition) is 4. The molecule has 0 spiro atoms. The minimum Gasteiger partial charge on any atom is -0.480 e. The molecule has 0 radical (unpaired) electrons. The molecule has 0 aromatic heterocycles. The summed E-state index contributed by atoms with van der Waals surface area (Å²) in [5.74, 6) is 0.797. The predicted octanol–water partition coefficient (Wildman–Crippen LogP) is 3.23. The fourth-order valence-electron chi connectivity index (χ4n) is 3.52. The van der Waals surface area contributed by atoms with Crippen LogP contribution < -0.4 is 5.32 Å². The highest BCUT2D eigenvalue weighted by Gasteiger charge is 2.37. The van der Waals surface area contributed by atoms with Gasteiger partial charge in [-0.25, -0.2) is 0 Å². The molecule has 148 valence electrons. The maximum Gasteiger partial charge on any atom is 0.317 e. The molecule has 6 heteroatoms. The second-order valence-electron chi connectivity index (χ2n) is 8.00. The molecule has 0 atom stereocenters. The highest BCUT2D eigenvalue weighted by Crippen LogP contribution is 2.33. The molecule has 0 heterocycles. The first-order valence-corrected chi connectivity index (χ1v) is 10.8. The summed E-state index contributed by atoms with van der Waals surface area (Å²) >= 11 is 1.72.